The Hall–Kier alpha value is -0.370. The number of nitrogens with one attached hydrogen (secondary N) is 1. The maximum atomic E-state index is 10.8. The molecular weight excluding hydrogens is 275 g/mol. The third-order valence-corrected chi connectivity index (χ3v) is 3.03. The molecule has 0 aliphatic rings. The van der Waals surface area contributed by atoms with Gasteiger partial charge in [-0.3, -0.25) is 4.55 Å². The van der Waals surface area contributed by atoms with E-state index in [1.807, 2.05) is 0 Å². The molecule has 5 nitrogen and oxygen atoms in total. The molecule has 0 aliphatic carbocycles. The van der Waals surface area contributed by atoms with Crippen LogP contribution >= 0.6 is 11.6 Å². The molecule has 2 aromatic rings. The van der Waals surface area contributed by atoms with Crippen molar-refractivity contribution in [3.8, 4) is 11.3 Å². The van der Waals surface area contributed by atoms with Crippen molar-refractivity contribution >= 4 is 21.7 Å². The molecule has 0 aliphatic heterocycles. The molecule has 0 aromatic carbocycles. The van der Waals surface area contributed by atoms with Gasteiger partial charge in [0, 0.05) is 23.7 Å². The second kappa shape index (κ2) is 5.51. The molecule has 0 bridgehead atoms. The first-order chi connectivity index (χ1) is 7.47. The van der Waals surface area contributed by atoms with Crippen LogP contribution in [0.1, 0.15) is 1.43 Å². The van der Waals surface area contributed by atoms with Crippen LogP contribution in [0.2, 0.25) is 5.15 Å². The number of aromatic nitrogens is 2. The summed E-state index contributed by atoms with van der Waals surface area (Å²) in [5.41, 5.74) is 1.23. The van der Waals surface area contributed by atoms with E-state index in [9.17, 15) is 8.42 Å². The Morgan fingerprint density at radius 2 is 2.12 bits per heavy atom. The summed E-state index contributed by atoms with van der Waals surface area (Å²) in [6.07, 6.45) is 2.71. The average Bonchev–Trinajstić information content (AvgIpc) is 2.65. The summed E-state index contributed by atoms with van der Waals surface area (Å²) in [6, 6.07) is 4.58. The van der Waals surface area contributed by atoms with Crippen molar-refractivity contribution < 1.29 is 44.0 Å². The minimum absolute atomic E-state index is 0. The summed E-state index contributed by atoms with van der Waals surface area (Å²) in [5, 5.41) is 0.306. The van der Waals surface area contributed by atoms with Gasteiger partial charge < -0.3 is 6.41 Å². The van der Waals surface area contributed by atoms with Crippen LogP contribution in [0.5, 0.6) is 0 Å². The minimum Gasteiger partial charge on any atom is -1.00 e. The number of hydrogen-bond donors (Lipinski definition) is 2. The van der Waals surface area contributed by atoms with Crippen molar-refractivity contribution in [2.45, 2.75) is 4.90 Å². The Morgan fingerprint density at radius 1 is 1.41 bits per heavy atom. The smallest absolute Gasteiger partial charge is 1.00 e. The summed E-state index contributed by atoms with van der Waals surface area (Å²) >= 11 is 5.70. The first-order valence-corrected chi connectivity index (χ1v) is 6.06. The molecule has 2 rings (SSSR count). The first kappa shape index (κ1) is 14.7. The number of rotatable bonds is 2. The molecular formula is C9H8ClN2NaO3S. The standard InChI is InChI=1S/C9H7ClN2O3S.Na.H/c10-9-3-6(1-2-11-9)8-4-7(5-12-8)16(13,14)15;;/h1-5,12H,(H,13,14,15);;/q;+1;-1. The zero-order chi connectivity index (χ0) is 11.8. The third kappa shape index (κ3) is 3.54. The molecule has 2 aromatic heterocycles. The second-order valence-corrected chi connectivity index (χ2v) is 4.90. The number of halogens is 1. The van der Waals surface area contributed by atoms with Gasteiger partial charge in [0.25, 0.3) is 10.1 Å². The molecule has 86 valence electrons. The van der Waals surface area contributed by atoms with Crippen molar-refractivity contribution in [2.75, 3.05) is 0 Å². The first-order valence-electron chi connectivity index (χ1n) is 4.24. The van der Waals surface area contributed by atoms with Crippen LogP contribution in [-0.2, 0) is 10.1 Å². The van der Waals surface area contributed by atoms with Crippen molar-refractivity contribution in [1.82, 2.24) is 9.97 Å². The summed E-state index contributed by atoms with van der Waals surface area (Å²) < 4.78 is 30.5. The van der Waals surface area contributed by atoms with Gasteiger partial charge >= 0.3 is 29.6 Å². The topological polar surface area (TPSA) is 83.0 Å². The zero-order valence-corrected chi connectivity index (χ0v) is 12.5. The van der Waals surface area contributed by atoms with Gasteiger partial charge in [-0.1, -0.05) is 11.6 Å². The van der Waals surface area contributed by atoms with Crippen LogP contribution in [0.25, 0.3) is 11.3 Å². The van der Waals surface area contributed by atoms with Gasteiger partial charge in [-0.2, -0.15) is 8.42 Å². The van der Waals surface area contributed by atoms with E-state index >= 15 is 0 Å². The number of hydrogen-bond acceptors (Lipinski definition) is 3. The van der Waals surface area contributed by atoms with Crippen molar-refractivity contribution in [3.63, 3.8) is 0 Å². The van der Waals surface area contributed by atoms with Crippen LogP contribution in [0.4, 0.5) is 0 Å². The van der Waals surface area contributed by atoms with E-state index in [1.165, 1.54) is 18.5 Å². The van der Waals surface area contributed by atoms with E-state index in [0.29, 0.717) is 16.4 Å². The average molecular weight is 283 g/mol. The third-order valence-electron chi connectivity index (χ3n) is 1.99. The number of H-pyrrole nitrogens is 1. The molecule has 0 spiro atoms. The zero-order valence-electron chi connectivity index (χ0n) is 9.88. The van der Waals surface area contributed by atoms with Gasteiger partial charge in [0.05, 0.1) is 0 Å². The SMILES string of the molecule is O=S(=O)(O)c1c[nH]c(-c2ccnc(Cl)c2)c1.[H-].[Na+]. The molecule has 0 radical (unpaired) electrons. The van der Waals surface area contributed by atoms with Gasteiger partial charge in [0.15, 0.2) is 0 Å². The summed E-state index contributed by atoms with van der Waals surface area (Å²) in [6.45, 7) is 0. The van der Waals surface area contributed by atoms with Crippen LogP contribution in [0, 0.1) is 0 Å². The largest absolute Gasteiger partial charge is 1.00 e. The fourth-order valence-electron chi connectivity index (χ4n) is 1.26. The van der Waals surface area contributed by atoms with Crippen LogP contribution < -0.4 is 29.6 Å². The monoisotopic (exact) mass is 282 g/mol. The van der Waals surface area contributed by atoms with Gasteiger partial charge in [0.2, 0.25) is 0 Å². The number of aromatic amines is 1. The maximum absolute atomic E-state index is 10.8. The Morgan fingerprint density at radius 3 is 2.65 bits per heavy atom. The molecule has 2 heterocycles. The van der Waals surface area contributed by atoms with E-state index < -0.39 is 10.1 Å². The van der Waals surface area contributed by atoms with Gasteiger partial charge in [0.1, 0.15) is 10.0 Å². The molecule has 0 unspecified atom stereocenters. The fourth-order valence-corrected chi connectivity index (χ4v) is 1.91. The van der Waals surface area contributed by atoms with Gasteiger partial charge in [-0.05, 0) is 18.2 Å². The Bertz CT molecular complexity index is 632. The normalized spacial score (nSPS) is 10.9. The molecule has 0 saturated heterocycles. The van der Waals surface area contributed by atoms with E-state index in [0.717, 1.165) is 0 Å². The maximum Gasteiger partial charge on any atom is 1.00 e. The molecule has 0 atom stereocenters. The predicted octanol–water partition coefficient (Wildman–Crippen LogP) is -0.907. The Labute approximate surface area is 127 Å². The second-order valence-electron chi connectivity index (χ2n) is 3.09. The summed E-state index contributed by atoms with van der Waals surface area (Å²) in [4.78, 5) is 6.35. The van der Waals surface area contributed by atoms with E-state index in [2.05, 4.69) is 9.97 Å². The van der Waals surface area contributed by atoms with Crippen molar-refractivity contribution in [2.24, 2.45) is 0 Å². The van der Waals surface area contributed by atoms with Crippen LogP contribution in [0.3, 0.4) is 0 Å². The van der Waals surface area contributed by atoms with E-state index in [-0.39, 0.29) is 35.9 Å². The predicted molar refractivity (Wildman–Crippen MR) is 60.0 cm³/mol. The molecule has 2 N–H and O–H groups in total. The minimum atomic E-state index is -4.18. The molecule has 17 heavy (non-hydrogen) atoms. The van der Waals surface area contributed by atoms with Crippen LogP contribution in [0.15, 0.2) is 35.5 Å². The fraction of sp³-hybridized carbons (Fsp3) is 0. The van der Waals surface area contributed by atoms with Crippen molar-refractivity contribution in [1.29, 1.82) is 0 Å². The molecule has 0 fully saturated rings. The van der Waals surface area contributed by atoms with Crippen LogP contribution in [-0.4, -0.2) is 22.9 Å². The molecule has 0 saturated carbocycles. The Kier molecular flexibility index (Phi) is 4.77. The van der Waals surface area contributed by atoms with E-state index in [4.69, 9.17) is 16.2 Å². The van der Waals surface area contributed by atoms with Gasteiger partial charge in [-0.15, -0.1) is 0 Å². The number of nitrogens with zero attached hydrogens (tertiary/aromatic N) is 1. The van der Waals surface area contributed by atoms with Crippen molar-refractivity contribution in [3.05, 3.63) is 35.7 Å². The summed E-state index contributed by atoms with van der Waals surface area (Å²) in [7, 11) is -4.18. The van der Waals surface area contributed by atoms with Gasteiger partial charge in [-0.25, -0.2) is 4.98 Å². The van der Waals surface area contributed by atoms with E-state index in [1.54, 1.807) is 12.1 Å². The summed E-state index contributed by atoms with van der Waals surface area (Å²) in [5.74, 6) is 0. The quantitative estimate of drug-likeness (QED) is 0.425. The number of pyridine rings is 1. The molecule has 0 amide bonds. The molecule has 8 heteroatoms. The Balaban J connectivity index is 0.00000144.